The zero-order valence-electron chi connectivity index (χ0n) is 11.3. The average molecular weight is 326 g/mol. The van der Waals surface area contributed by atoms with Crippen molar-refractivity contribution in [2.45, 2.75) is 19.9 Å². The van der Waals surface area contributed by atoms with E-state index in [-0.39, 0.29) is 17.4 Å². The summed E-state index contributed by atoms with van der Waals surface area (Å²) in [6.45, 7) is 6.10. The van der Waals surface area contributed by atoms with Gasteiger partial charge in [0.1, 0.15) is 6.04 Å². The van der Waals surface area contributed by atoms with Crippen LogP contribution in [0.5, 0.6) is 0 Å². The fourth-order valence-electron chi connectivity index (χ4n) is 2.35. The molecule has 0 aliphatic carbocycles. The molecule has 1 aliphatic heterocycles. The quantitative estimate of drug-likeness (QED) is 0.870. The zero-order valence-corrected chi connectivity index (χ0v) is 12.9. The predicted octanol–water partition coefficient (Wildman–Crippen LogP) is 1.74. The first kappa shape index (κ1) is 14.3. The number of amides is 1. The molecular formula is C14H20BrN3O. The molecule has 0 saturated carbocycles. The predicted molar refractivity (Wildman–Crippen MR) is 81.1 cm³/mol. The van der Waals surface area contributed by atoms with Crippen LogP contribution < -0.4 is 16.0 Å². The van der Waals surface area contributed by atoms with Gasteiger partial charge in [0.15, 0.2) is 0 Å². The van der Waals surface area contributed by atoms with E-state index in [2.05, 4.69) is 40.0 Å². The van der Waals surface area contributed by atoms with Crippen molar-refractivity contribution >= 4 is 27.5 Å². The van der Waals surface area contributed by atoms with Crippen molar-refractivity contribution in [3.05, 3.63) is 28.7 Å². The van der Waals surface area contributed by atoms with Crippen molar-refractivity contribution in [3.63, 3.8) is 0 Å². The number of benzene rings is 1. The Morgan fingerprint density at radius 3 is 2.63 bits per heavy atom. The molecule has 1 aliphatic rings. The number of halogens is 1. The van der Waals surface area contributed by atoms with Crippen molar-refractivity contribution in [2.24, 2.45) is 11.1 Å². The lowest BCUT2D eigenvalue weighted by Crippen LogP contribution is -2.49. The van der Waals surface area contributed by atoms with Gasteiger partial charge in [0, 0.05) is 29.8 Å². The Balaban J connectivity index is 2.36. The third-order valence-corrected chi connectivity index (χ3v) is 3.93. The minimum Gasteiger partial charge on any atom is -0.358 e. The molecule has 4 nitrogen and oxygen atoms in total. The largest absolute Gasteiger partial charge is 0.358 e. The van der Waals surface area contributed by atoms with E-state index in [1.54, 1.807) is 0 Å². The topological polar surface area (TPSA) is 58.4 Å². The number of nitrogens with one attached hydrogen (secondary N) is 1. The molecule has 1 fully saturated rings. The van der Waals surface area contributed by atoms with Crippen LogP contribution in [0, 0.1) is 5.41 Å². The van der Waals surface area contributed by atoms with Gasteiger partial charge in [-0.1, -0.05) is 29.8 Å². The number of nitrogens with two attached hydrogens (primary N) is 1. The summed E-state index contributed by atoms with van der Waals surface area (Å²) in [7, 11) is 0. The summed E-state index contributed by atoms with van der Waals surface area (Å²) in [5.41, 5.74) is 6.85. The highest BCUT2D eigenvalue weighted by Crippen LogP contribution is 2.27. The van der Waals surface area contributed by atoms with Crippen molar-refractivity contribution in [2.75, 3.05) is 24.5 Å². The summed E-state index contributed by atoms with van der Waals surface area (Å²) in [4.78, 5) is 14.2. The Kier molecular flexibility index (Phi) is 4.16. The Morgan fingerprint density at radius 1 is 1.42 bits per heavy atom. The van der Waals surface area contributed by atoms with Gasteiger partial charge in [0.25, 0.3) is 0 Å². The van der Waals surface area contributed by atoms with Crippen LogP contribution in [-0.4, -0.2) is 31.6 Å². The second kappa shape index (κ2) is 5.51. The first-order valence-electron chi connectivity index (χ1n) is 6.43. The molecule has 0 spiro atoms. The van der Waals surface area contributed by atoms with Gasteiger partial charge in [-0.15, -0.1) is 0 Å². The lowest BCUT2D eigenvalue weighted by molar-refractivity contribution is -0.121. The number of carbonyl (C=O) groups is 1. The minimum atomic E-state index is -0.303. The molecule has 0 radical (unpaired) electrons. The molecule has 3 N–H and O–H groups in total. The van der Waals surface area contributed by atoms with Crippen LogP contribution >= 0.6 is 15.9 Å². The summed E-state index contributed by atoms with van der Waals surface area (Å²) in [5, 5.41) is 2.98. The molecule has 1 heterocycles. The maximum absolute atomic E-state index is 12.1. The number of hydrogen-bond acceptors (Lipinski definition) is 3. The number of hydrogen-bond donors (Lipinski definition) is 2. The average Bonchev–Trinajstić information content (AvgIpc) is 2.47. The van der Waals surface area contributed by atoms with Crippen molar-refractivity contribution < 1.29 is 4.79 Å². The van der Waals surface area contributed by atoms with Gasteiger partial charge < -0.3 is 16.0 Å². The van der Waals surface area contributed by atoms with E-state index in [1.807, 2.05) is 24.3 Å². The summed E-state index contributed by atoms with van der Waals surface area (Å²) >= 11 is 3.43. The molecule has 5 heteroatoms. The number of anilines is 1. The SMILES string of the molecule is CC1(C)CNC(=O)C(CN)N(c2ccc(Br)cc2)C1. The van der Waals surface area contributed by atoms with Gasteiger partial charge >= 0.3 is 0 Å². The molecule has 2 rings (SSSR count). The zero-order chi connectivity index (χ0) is 14.0. The summed E-state index contributed by atoms with van der Waals surface area (Å²) in [6.07, 6.45) is 0. The fraction of sp³-hybridized carbons (Fsp3) is 0.500. The molecule has 104 valence electrons. The summed E-state index contributed by atoms with van der Waals surface area (Å²) in [6, 6.07) is 7.70. The maximum atomic E-state index is 12.1. The third kappa shape index (κ3) is 3.28. The molecular weight excluding hydrogens is 306 g/mol. The van der Waals surface area contributed by atoms with Crippen LogP contribution in [0.4, 0.5) is 5.69 Å². The van der Waals surface area contributed by atoms with Crippen LogP contribution in [0.1, 0.15) is 13.8 Å². The molecule has 1 aromatic carbocycles. The van der Waals surface area contributed by atoms with Crippen LogP contribution in [-0.2, 0) is 4.79 Å². The van der Waals surface area contributed by atoms with Gasteiger partial charge in [-0.25, -0.2) is 0 Å². The molecule has 1 unspecified atom stereocenters. The Bertz CT molecular complexity index is 458. The van der Waals surface area contributed by atoms with E-state index >= 15 is 0 Å². The normalized spacial score (nSPS) is 22.8. The summed E-state index contributed by atoms with van der Waals surface area (Å²) < 4.78 is 1.03. The number of rotatable bonds is 2. The van der Waals surface area contributed by atoms with E-state index in [9.17, 15) is 4.79 Å². The van der Waals surface area contributed by atoms with Gasteiger partial charge in [-0.2, -0.15) is 0 Å². The highest BCUT2D eigenvalue weighted by Gasteiger charge is 2.34. The van der Waals surface area contributed by atoms with Gasteiger partial charge in [0.2, 0.25) is 5.91 Å². The Labute approximate surface area is 122 Å². The first-order chi connectivity index (χ1) is 8.93. The summed E-state index contributed by atoms with van der Waals surface area (Å²) in [5.74, 6) is 0.0102. The van der Waals surface area contributed by atoms with Crippen LogP contribution in [0.3, 0.4) is 0 Å². The van der Waals surface area contributed by atoms with E-state index in [0.29, 0.717) is 13.1 Å². The minimum absolute atomic E-state index is 0.0102. The second-order valence-corrected chi connectivity index (χ2v) is 6.65. The third-order valence-electron chi connectivity index (χ3n) is 3.40. The molecule has 0 aromatic heterocycles. The van der Waals surface area contributed by atoms with Gasteiger partial charge in [-0.05, 0) is 29.7 Å². The Hall–Kier alpha value is -1.07. The number of nitrogens with zero attached hydrogens (tertiary/aromatic N) is 1. The van der Waals surface area contributed by atoms with Gasteiger partial charge in [0.05, 0.1) is 0 Å². The first-order valence-corrected chi connectivity index (χ1v) is 7.22. The molecule has 1 amide bonds. The molecule has 1 aromatic rings. The highest BCUT2D eigenvalue weighted by molar-refractivity contribution is 9.10. The molecule has 1 saturated heterocycles. The smallest absolute Gasteiger partial charge is 0.244 e. The van der Waals surface area contributed by atoms with Crippen molar-refractivity contribution in [1.29, 1.82) is 0 Å². The number of carbonyl (C=O) groups excluding carboxylic acids is 1. The van der Waals surface area contributed by atoms with E-state index in [0.717, 1.165) is 16.7 Å². The monoisotopic (exact) mass is 325 g/mol. The lowest BCUT2D eigenvalue weighted by atomic mass is 9.93. The molecule has 1 atom stereocenters. The highest BCUT2D eigenvalue weighted by atomic mass is 79.9. The fourth-order valence-corrected chi connectivity index (χ4v) is 2.62. The maximum Gasteiger partial charge on any atom is 0.244 e. The van der Waals surface area contributed by atoms with Crippen LogP contribution in [0.15, 0.2) is 28.7 Å². The van der Waals surface area contributed by atoms with Crippen LogP contribution in [0.2, 0.25) is 0 Å². The van der Waals surface area contributed by atoms with Crippen LogP contribution in [0.25, 0.3) is 0 Å². The lowest BCUT2D eigenvalue weighted by Gasteiger charge is -2.34. The van der Waals surface area contributed by atoms with E-state index in [1.165, 1.54) is 0 Å². The second-order valence-electron chi connectivity index (χ2n) is 5.74. The van der Waals surface area contributed by atoms with E-state index in [4.69, 9.17) is 5.73 Å². The van der Waals surface area contributed by atoms with Gasteiger partial charge in [-0.3, -0.25) is 4.79 Å². The van der Waals surface area contributed by atoms with Crippen molar-refractivity contribution in [3.8, 4) is 0 Å². The van der Waals surface area contributed by atoms with E-state index < -0.39 is 0 Å². The molecule has 19 heavy (non-hydrogen) atoms. The van der Waals surface area contributed by atoms with Crippen molar-refractivity contribution in [1.82, 2.24) is 5.32 Å². The standard InChI is InChI=1S/C14H20BrN3O/c1-14(2)8-17-13(19)12(7-16)18(9-14)11-5-3-10(15)4-6-11/h3-6,12H,7-9,16H2,1-2H3,(H,17,19). The molecule has 0 bridgehead atoms. The Morgan fingerprint density at radius 2 is 2.05 bits per heavy atom.